The van der Waals surface area contributed by atoms with Gasteiger partial charge in [-0.15, -0.1) is 5.10 Å². The van der Waals surface area contributed by atoms with E-state index in [2.05, 4.69) is 17.2 Å². The van der Waals surface area contributed by atoms with Crippen LogP contribution in [0.5, 0.6) is 0 Å². The van der Waals surface area contributed by atoms with Crippen molar-refractivity contribution in [2.24, 2.45) is 0 Å². The molecule has 0 bridgehead atoms. The number of ether oxygens (including phenoxy) is 2. The van der Waals surface area contributed by atoms with Crippen molar-refractivity contribution in [2.45, 2.75) is 46.6 Å². The first-order valence-corrected chi connectivity index (χ1v) is 9.14. The highest BCUT2D eigenvalue weighted by atomic mass is 16.7. The minimum atomic E-state index is -0.397. The first-order valence-electron chi connectivity index (χ1n) is 9.14. The van der Waals surface area contributed by atoms with Crippen molar-refractivity contribution in [1.82, 2.24) is 19.9 Å². The second-order valence-corrected chi connectivity index (χ2v) is 5.88. The Morgan fingerprint density at radius 3 is 2.46 bits per heavy atom. The Balaban J connectivity index is 2.05. The van der Waals surface area contributed by atoms with Gasteiger partial charge in [0.05, 0.1) is 12.7 Å². The van der Waals surface area contributed by atoms with Gasteiger partial charge >= 0.3 is 0 Å². The van der Waals surface area contributed by atoms with E-state index in [0.29, 0.717) is 38.5 Å². The maximum atomic E-state index is 12.8. The van der Waals surface area contributed by atoms with Gasteiger partial charge in [0, 0.05) is 26.3 Å². The summed E-state index contributed by atoms with van der Waals surface area (Å²) in [7, 11) is 0. The van der Waals surface area contributed by atoms with Gasteiger partial charge in [0.2, 0.25) is 0 Å². The molecule has 0 aliphatic rings. The van der Waals surface area contributed by atoms with Crippen LogP contribution in [0, 0.1) is 0 Å². The summed E-state index contributed by atoms with van der Waals surface area (Å²) in [6, 6.07) is 9.95. The maximum absolute atomic E-state index is 12.8. The molecule has 0 aliphatic heterocycles. The Kier molecular flexibility index (Phi) is 8.24. The van der Waals surface area contributed by atoms with E-state index in [1.54, 1.807) is 15.8 Å². The molecule has 0 fully saturated rings. The number of hydrogen-bond acceptors (Lipinski definition) is 5. The number of nitrogens with zero attached hydrogens (tertiary/aromatic N) is 4. The Morgan fingerprint density at radius 1 is 1.15 bits per heavy atom. The molecule has 1 amide bonds. The summed E-state index contributed by atoms with van der Waals surface area (Å²) in [6.45, 7) is 8.59. The van der Waals surface area contributed by atoms with Gasteiger partial charge in [-0.25, -0.2) is 4.68 Å². The molecule has 0 saturated heterocycles. The standard InChI is InChI=1S/C19H28N4O3/c1-4-12-22(13-16-10-8-7-9-11-16)19(24)17-14-23(21-20-17)15-18(25-5-2)26-6-3/h7-11,14,18H,4-6,12-13,15H2,1-3H3. The zero-order valence-electron chi connectivity index (χ0n) is 15.8. The monoisotopic (exact) mass is 360 g/mol. The first-order chi connectivity index (χ1) is 12.7. The zero-order chi connectivity index (χ0) is 18.8. The molecule has 1 heterocycles. The molecule has 2 aromatic rings. The Morgan fingerprint density at radius 2 is 1.85 bits per heavy atom. The highest BCUT2D eigenvalue weighted by molar-refractivity contribution is 5.91. The second-order valence-electron chi connectivity index (χ2n) is 5.88. The Bertz CT molecular complexity index is 654. The van der Waals surface area contributed by atoms with Gasteiger partial charge in [0.25, 0.3) is 5.91 Å². The van der Waals surface area contributed by atoms with Gasteiger partial charge in [-0.2, -0.15) is 0 Å². The summed E-state index contributed by atoms with van der Waals surface area (Å²) in [6.07, 6.45) is 2.13. The van der Waals surface area contributed by atoms with Gasteiger partial charge in [-0.3, -0.25) is 4.79 Å². The van der Waals surface area contributed by atoms with E-state index in [9.17, 15) is 4.79 Å². The fourth-order valence-corrected chi connectivity index (χ4v) is 2.65. The molecular weight excluding hydrogens is 332 g/mol. The summed E-state index contributed by atoms with van der Waals surface area (Å²) in [4.78, 5) is 14.6. The molecule has 0 N–H and O–H groups in total. The number of aromatic nitrogens is 3. The summed E-state index contributed by atoms with van der Waals surface area (Å²) in [5.41, 5.74) is 1.43. The van der Waals surface area contributed by atoms with Crippen LogP contribution in [0.15, 0.2) is 36.5 Å². The van der Waals surface area contributed by atoms with Crippen LogP contribution in [-0.2, 0) is 22.6 Å². The molecule has 0 radical (unpaired) electrons. The van der Waals surface area contributed by atoms with Gasteiger partial charge in [0.15, 0.2) is 12.0 Å². The highest BCUT2D eigenvalue weighted by Gasteiger charge is 2.20. The fraction of sp³-hybridized carbons (Fsp3) is 0.526. The molecular formula is C19H28N4O3. The third kappa shape index (κ3) is 5.93. The fourth-order valence-electron chi connectivity index (χ4n) is 2.65. The molecule has 142 valence electrons. The Hall–Kier alpha value is -2.25. The molecule has 0 unspecified atom stereocenters. The predicted molar refractivity (Wildman–Crippen MR) is 98.5 cm³/mol. The molecule has 2 rings (SSSR count). The quantitative estimate of drug-likeness (QED) is 0.576. The normalized spacial score (nSPS) is 11.1. The molecule has 0 saturated carbocycles. The SMILES string of the molecule is CCCN(Cc1ccccc1)C(=O)c1cn(CC(OCC)OCC)nn1. The number of carbonyl (C=O) groups is 1. The van der Waals surface area contributed by atoms with Crippen LogP contribution in [-0.4, -0.2) is 51.8 Å². The number of hydrogen-bond donors (Lipinski definition) is 0. The van der Waals surface area contributed by atoms with Gasteiger partial charge in [-0.05, 0) is 25.8 Å². The number of carbonyl (C=O) groups excluding carboxylic acids is 1. The van der Waals surface area contributed by atoms with E-state index in [0.717, 1.165) is 12.0 Å². The van der Waals surface area contributed by atoms with E-state index in [1.807, 2.05) is 44.2 Å². The smallest absolute Gasteiger partial charge is 0.276 e. The van der Waals surface area contributed by atoms with Crippen LogP contribution in [0.1, 0.15) is 43.2 Å². The summed E-state index contributed by atoms with van der Waals surface area (Å²) >= 11 is 0. The van der Waals surface area contributed by atoms with E-state index in [4.69, 9.17) is 9.47 Å². The minimum absolute atomic E-state index is 0.119. The lowest BCUT2D eigenvalue weighted by Gasteiger charge is -2.21. The molecule has 0 atom stereocenters. The van der Waals surface area contributed by atoms with Crippen LogP contribution >= 0.6 is 0 Å². The molecule has 7 heteroatoms. The van der Waals surface area contributed by atoms with Crippen molar-refractivity contribution >= 4 is 5.91 Å². The first kappa shape index (κ1) is 20.1. The van der Waals surface area contributed by atoms with Crippen molar-refractivity contribution in [3.05, 3.63) is 47.8 Å². The maximum Gasteiger partial charge on any atom is 0.276 e. The van der Waals surface area contributed by atoms with Crippen LogP contribution in [0.3, 0.4) is 0 Å². The van der Waals surface area contributed by atoms with Crippen LogP contribution < -0.4 is 0 Å². The number of benzene rings is 1. The lowest BCUT2D eigenvalue weighted by molar-refractivity contribution is -0.145. The third-order valence-electron chi connectivity index (χ3n) is 3.80. The van der Waals surface area contributed by atoms with Gasteiger partial charge < -0.3 is 14.4 Å². The van der Waals surface area contributed by atoms with Crippen molar-refractivity contribution in [3.63, 3.8) is 0 Å². The summed E-state index contributed by atoms with van der Waals surface area (Å²) in [5, 5.41) is 8.10. The average Bonchev–Trinajstić information content (AvgIpc) is 3.10. The Labute approximate surface area is 154 Å². The topological polar surface area (TPSA) is 69.5 Å². The van der Waals surface area contributed by atoms with Crippen LogP contribution in [0.4, 0.5) is 0 Å². The lowest BCUT2D eigenvalue weighted by Crippen LogP contribution is -2.31. The van der Waals surface area contributed by atoms with Crippen molar-refractivity contribution in [3.8, 4) is 0 Å². The molecule has 26 heavy (non-hydrogen) atoms. The highest BCUT2D eigenvalue weighted by Crippen LogP contribution is 2.10. The average molecular weight is 360 g/mol. The van der Waals surface area contributed by atoms with Gasteiger partial charge in [0.1, 0.15) is 0 Å². The van der Waals surface area contributed by atoms with E-state index >= 15 is 0 Å². The summed E-state index contributed by atoms with van der Waals surface area (Å²) in [5.74, 6) is -0.119. The van der Waals surface area contributed by atoms with E-state index in [1.165, 1.54) is 0 Å². The summed E-state index contributed by atoms with van der Waals surface area (Å²) < 4.78 is 12.6. The number of amides is 1. The van der Waals surface area contributed by atoms with Crippen molar-refractivity contribution in [1.29, 1.82) is 0 Å². The molecule has 1 aromatic carbocycles. The lowest BCUT2D eigenvalue weighted by atomic mass is 10.2. The molecule has 0 aliphatic carbocycles. The molecule has 0 spiro atoms. The van der Waals surface area contributed by atoms with E-state index in [-0.39, 0.29) is 5.91 Å². The largest absolute Gasteiger partial charge is 0.351 e. The van der Waals surface area contributed by atoms with Crippen LogP contribution in [0.2, 0.25) is 0 Å². The van der Waals surface area contributed by atoms with Crippen molar-refractivity contribution < 1.29 is 14.3 Å². The van der Waals surface area contributed by atoms with Crippen molar-refractivity contribution in [2.75, 3.05) is 19.8 Å². The molecule has 7 nitrogen and oxygen atoms in total. The number of rotatable bonds is 11. The minimum Gasteiger partial charge on any atom is -0.351 e. The molecule has 1 aromatic heterocycles. The van der Waals surface area contributed by atoms with Gasteiger partial charge in [-0.1, -0.05) is 42.5 Å². The van der Waals surface area contributed by atoms with E-state index < -0.39 is 6.29 Å². The van der Waals surface area contributed by atoms with Crippen LogP contribution in [0.25, 0.3) is 0 Å². The second kappa shape index (κ2) is 10.7. The third-order valence-corrected chi connectivity index (χ3v) is 3.80. The zero-order valence-corrected chi connectivity index (χ0v) is 15.8. The predicted octanol–water partition coefficient (Wildman–Crippen LogP) is 2.73.